The summed E-state index contributed by atoms with van der Waals surface area (Å²) in [4.78, 5) is 34.0. The summed E-state index contributed by atoms with van der Waals surface area (Å²) in [5.74, 6) is -2.27. The first-order valence-electron chi connectivity index (χ1n) is 5.73. The number of hydrogen-bond donors (Lipinski definition) is 2. The van der Waals surface area contributed by atoms with Gasteiger partial charge in [0.15, 0.2) is 0 Å². The highest BCUT2D eigenvalue weighted by Gasteiger charge is 2.24. The molecular formula is C13H16N2O4. The van der Waals surface area contributed by atoms with Crippen LogP contribution in [-0.4, -0.2) is 30.8 Å². The molecular weight excluding hydrogens is 248 g/mol. The Bertz CT molecular complexity index is 459. The number of ketones is 1. The predicted molar refractivity (Wildman–Crippen MR) is 67.9 cm³/mol. The molecule has 0 aliphatic heterocycles. The van der Waals surface area contributed by atoms with Gasteiger partial charge in [0.05, 0.1) is 19.6 Å². The van der Waals surface area contributed by atoms with Crippen LogP contribution < -0.4 is 11.1 Å². The van der Waals surface area contributed by atoms with Gasteiger partial charge >= 0.3 is 5.97 Å². The molecule has 0 aliphatic rings. The maximum Gasteiger partial charge on any atom is 0.307 e. The quantitative estimate of drug-likeness (QED) is 0.546. The fourth-order valence-electron chi connectivity index (χ4n) is 1.39. The van der Waals surface area contributed by atoms with Gasteiger partial charge < -0.3 is 15.8 Å². The zero-order chi connectivity index (χ0) is 14.3. The number of rotatable bonds is 6. The van der Waals surface area contributed by atoms with Crippen molar-refractivity contribution in [3.63, 3.8) is 0 Å². The van der Waals surface area contributed by atoms with Crippen molar-refractivity contribution in [3.05, 3.63) is 35.9 Å². The van der Waals surface area contributed by atoms with Crippen LogP contribution in [0.5, 0.6) is 0 Å². The number of hydrogen-bond acceptors (Lipinski definition) is 5. The summed E-state index contributed by atoms with van der Waals surface area (Å²) in [6, 6.07) is 7.96. The van der Waals surface area contributed by atoms with E-state index >= 15 is 0 Å². The Hall–Kier alpha value is -2.21. The number of nitrogens with two attached hydrogens (primary N) is 1. The average molecular weight is 264 g/mol. The minimum atomic E-state index is -1.18. The Kier molecular flexibility index (Phi) is 5.69. The zero-order valence-electron chi connectivity index (χ0n) is 10.6. The van der Waals surface area contributed by atoms with Crippen molar-refractivity contribution >= 4 is 17.7 Å². The van der Waals surface area contributed by atoms with Crippen LogP contribution in [0.3, 0.4) is 0 Å². The minimum Gasteiger partial charge on any atom is -0.469 e. The van der Waals surface area contributed by atoms with E-state index in [1.807, 2.05) is 30.3 Å². The van der Waals surface area contributed by atoms with Crippen LogP contribution in [0.2, 0.25) is 0 Å². The highest BCUT2D eigenvalue weighted by Crippen LogP contribution is 1.98. The van der Waals surface area contributed by atoms with E-state index in [2.05, 4.69) is 10.1 Å². The first-order valence-corrected chi connectivity index (χ1v) is 5.73. The van der Waals surface area contributed by atoms with Gasteiger partial charge in [0.1, 0.15) is 0 Å². The minimum absolute atomic E-state index is 0.232. The third-order valence-corrected chi connectivity index (χ3v) is 2.47. The van der Waals surface area contributed by atoms with Gasteiger partial charge in [0.2, 0.25) is 5.78 Å². The lowest BCUT2D eigenvalue weighted by Gasteiger charge is -2.09. The molecule has 1 amide bonds. The third kappa shape index (κ3) is 4.89. The molecule has 1 atom stereocenters. The van der Waals surface area contributed by atoms with Crippen LogP contribution >= 0.6 is 0 Å². The van der Waals surface area contributed by atoms with Crippen molar-refractivity contribution in [2.24, 2.45) is 5.73 Å². The number of carbonyl (C=O) groups is 3. The molecule has 1 rings (SSSR count). The molecule has 6 nitrogen and oxygen atoms in total. The summed E-state index contributed by atoms with van der Waals surface area (Å²) < 4.78 is 4.38. The Balaban J connectivity index is 2.44. The first kappa shape index (κ1) is 14.8. The molecule has 0 heterocycles. The number of amides is 1. The number of methoxy groups -OCH3 is 1. The van der Waals surface area contributed by atoms with E-state index < -0.39 is 23.7 Å². The van der Waals surface area contributed by atoms with Crippen LogP contribution in [0.1, 0.15) is 12.0 Å². The summed E-state index contributed by atoms with van der Waals surface area (Å²) in [7, 11) is 1.19. The number of benzene rings is 1. The summed E-state index contributed by atoms with van der Waals surface area (Å²) in [6.45, 7) is 0.232. The van der Waals surface area contributed by atoms with Crippen LogP contribution in [0, 0.1) is 0 Å². The highest BCUT2D eigenvalue weighted by atomic mass is 16.5. The molecule has 0 unspecified atom stereocenters. The Morgan fingerprint density at radius 3 is 2.47 bits per heavy atom. The molecule has 3 N–H and O–H groups in total. The topological polar surface area (TPSA) is 98.5 Å². The fourth-order valence-corrected chi connectivity index (χ4v) is 1.39. The Morgan fingerprint density at radius 2 is 1.89 bits per heavy atom. The molecule has 102 valence electrons. The Labute approximate surface area is 110 Å². The molecule has 1 aromatic carbocycles. The fraction of sp³-hybridized carbons (Fsp3) is 0.308. The molecule has 0 saturated heterocycles. The van der Waals surface area contributed by atoms with Gasteiger partial charge in [-0.1, -0.05) is 30.3 Å². The monoisotopic (exact) mass is 264 g/mol. The lowest BCUT2D eigenvalue weighted by molar-refractivity contribution is -0.144. The predicted octanol–water partition coefficient (Wildman–Crippen LogP) is -0.238. The van der Waals surface area contributed by atoms with Crippen molar-refractivity contribution in [1.82, 2.24) is 5.32 Å². The van der Waals surface area contributed by atoms with E-state index in [4.69, 9.17) is 5.73 Å². The highest BCUT2D eigenvalue weighted by molar-refractivity contribution is 6.38. The van der Waals surface area contributed by atoms with Crippen molar-refractivity contribution < 1.29 is 19.1 Å². The van der Waals surface area contributed by atoms with Gasteiger partial charge in [-0.25, -0.2) is 0 Å². The van der Waals surface area contributed by atoms with Gasteiger partial charge in [-0.2, -0.15) is 0 Å². The molecule has 1 aromatic rings. The maximum absolute atomic E-state index is 11.6. The van der Waals surface area contributed by atoms with E-state index in [1.54, 1.807) is 0 Å². The van der Waals surface area contributed by atoms with E-state index in [-0.39, 0.29) is 13.0 Å². The van der Waals surface area contributed by atoms with Gasteiger partial charge in [0.25, 0.3) is 5.91 Å². The SMILES string of the molecule is COC(=O)C[C@H](N)C(=O)C(=O)NCc1ccccc1. The van der Waals surface area contributed by atoms with Gasteiger partial charge in [-0.05, 0) is 5.56 Å². The number of carbonyl (C=O) groups excluding carboxylic acids is 3. The van der Waals surface area contributed by atoms with E-state index in [9.17, 15) is 14.4 Å². The largest absolute Gasteiger partial charge is 0.469 e. The molecule has 0 aromatic heterocycles. The molecule has 0 spiro atoms. The molecule has 0 bridgehead atoms. The summed E-state index contributed by atoms with van der Waals surface area (Å²) in [5, 5.41) is 2.45. The Morgan fingerprint density at radius 1 is 1.26 bits per heavy atom. The lowest BCUT2D eigenvalue weighted by Crippen LogP contribution is -2.43. The third-order valence-electron chi connectivity index (χ3n) is 2.47. The number of Topliss-reactive ketones (excluding diaryl/α,β-unsaturated/α-hetero) is 1. The van der Waals surface area contributed by atoms with Crippen LogP contribution in [-0.2, 0) is 25.7 Å². The van der Waals surface area contributed by atoms with Gasteiger partial charge in [-0.15, -0.1) is 0 Å². The van der Waals surface area contributed by atoms with E-state index in [0.717, 1.165) is 5.56 Å². The molecule has 6 heteroatoms. The molecule has 0 fully saturated rings. The first-order chi connectivity index (χ1) is 9.04. The van der Waals surface area contributed by atoms with E-state index in [0.29, 0.717) is 0 Å². The smallest absolute Gasteiger partial charge is 0.307 e. The molecule has 0 radical (unpaired) electrons. The van der Waals surface area contributed by atoms with Gasteiger partial charge in [0, 0.05) is 6.54 Å². The summed E-state index contributed by atoms with van der Waals surface area (Å²) >= 11 is 0. The summed E-state index contributed by atoms with van der Waals surface area (Å²) in [6.07, 6.45) is -0.311. The standard InChI is InChI=1S/C13H16N2O4/c1-19-11(16)7-10(14)12(17)13(18)15-8-9-5-3-2-4-6-9/h2-6,10H,7-8,14H2,1H3,(H,15,18)/t10-/m0/s1. The second-order valence-electron chi connectivity index (χ2n) is 3.92. The van der Waals surface area contributed by atoms with Gasteiger partial charge in [-0.3, -0.25) is 14.4 Å². The van der Waals surface area contributed by atoms with Crippen molar-refractivity contribution in [1.29, 1.82) is 0 Å². The molecule has 19 heavy (non-hydrogen) atoms. The zero-order valence-corrected chi connectivity index (χ0v) is 10.6. The normalized spacial score (nSPS) is 11.5. The number of esters is 1. The maximum atomic E-state index is 11.6. The second kappa shape index (κ2) is 7.27. The number of ether oxygens (including phenoxy) is 1. The summed E-state index contributed by atoms with van der Waals surface area (Å²) in [5.41, 5.74) is 6.32. The van der Waals surface area contributed by atoms with Crippen molar-refractivity contribution in [3.8, 4) is 0 Å². The van der Waals surface area contributed by atoms with Crippen LogP contribution in [0.25, 0.3) is 0 Å². The van der Waals surface area contributed by atoms with E-state index in [1.165, 1.54) is 7.11 Å². The number of nitrogens with one attached hydrogen (secondary N) is 1. The van der Waals surface area contributed by atoms with Crippen LogP contribution in [0.4, 0.5) is 0 Å². The lowest BCUT2D eigenvalue weighted by atomic mass is 10.1. The van der Waals surface area contributed by atoms with Crippen molar-refractivity contribution in [2.75, 3.05) is 7.11 Å². The average Bonchev–Trinajstić information content (AvgIpc) is 2.44. The van der Waals surface area contributed by atoms with Crippen molar-refractivity contribution in [2.45, 2.75) is 19.0 Å². The molecule has 0 aliphatic carbocycles. The molecule has 0 saturated carbocycles. The second-order valence-corrected chi connectivity index (χ2v) is 3.92. The van der Waals surface area contributed by atoms with Crippen LogP contribution in [0.15, 0.2) is 30.3 Å².